The van der Waals surface area contributed by atoms with Crippen LogP contribution in [0.25, 0.3) is 0 Å². The number of hydrogen-bond acceptors (Lipinski definition) is 7. The van der Waals surface area contributed by atoms with Gasteiger partial charge in [-0.2, -0.15) is 13.2 Å². The third kappa shape index (κ3) is 7.31. The molecule has 1 fully saturated rings. The predicted octanol–water partition coefficient (Wildman–Crippen LogP) is 4.33. The highest BCUT2D eigenvalue weighted by Crippen LogP contribution is 2.33. The summed E-state index contributed by atoms with van der Waals surface area (Å²) in [5, 5.41) is 0. The normalized spacial score (nSPS) is 14.7. The average molecular weight is 654 g/mol. The van der Waals surface area contributed by atoms with Crippen LogP contribution in [0.3, 0.4) is 0 Å². The molecule has 2 heterocycles. The van der Waals surface area contributed by atoms with Crippen LogP contribution in [0.2, 0.25) is 0 Å². The number of piperazine rings is 1. The molecule has 0 bridgehead atoms. The lowest BCUT2D eigenvalue weighted by Crippen LogP contribution is -2.51. The van der Waals surface area contributed by atoms with Crippen molar-refractivity contribution in [2.75, 3.05) is 38.2 Å². The Bertz CT molecular complexity index is 1870. The topological polar surface area (TPSA) is 103 Å². The Hall–Kier alpha value is -4.75. The van der Waals surface area contributed by atoms with Gasteiger partial charge in [-0.05, 0) is 42.3 Å². The second-order valence-electron chi connectivity index (χ2n) is 11.5. The van der Waals surface area contributed by atoms with Crippen molar-refractivity contribution in [3.8, 4) is 0 Å². The van der Waals surface area contributed by atoms with Crippen LogP contribution in [0, 0.1) is 12.7 Å². The number of nitrogens with two attached hydrogens (primary N) is 1. The number of nitrogens with zero attached hydrogens (tertiary/aromatic N) is 4. The van der Waals surface area contributed by atoms with E-state index in [-0.39, 0.29) is 17.9 Å². The van der Waals surface area contributed by atoms with Gasteiger partial charge in [0.1, 0.15) is 11.5 Å². The van der Waals surface area contributed by atoms with E-state index in [2.05, 4.69) is 4.90 Å². The fourth-order valence-electron chi connectivity index (χ4n) is 5.95. The van der Waals surface area contributed by atoms with E-state index in [1.807, 2.05) is 6.07 Å². The van der Waals surface area contributed by atoms with Crippen LogP contribution < -0.4 is 21.9 Å². The summed E-state index contributed by atoms with van der Waals surface area (Å²) in [6.45, 7) is 2.78. The zero-order valence-corrected chi connectivity index (χ0v) is 26.0. The molecule has 0 spiro atoms. The molecule has 9 nitrogen and oxygen atoms in total. The van der Waals surface area contributed by atoms with Gasteiger partial charge in [0.25, 0.3) is 5.56 Å². The van der Waals surface area contributed by atoms with Crippen molar-refractivity contribution in [1.29, 1.82) is 0 Å². The summed E-state index contributed by atoms with van der Waals surface area (Å²) >= 11 is 0. The van der Waals surface area contributed by atoms with Crippen LogP contribution in [0.15, 0.2) is 82.4 Å². The minimum Gasteiger partial charge on any atom is -0.465 e. The van der Waals surface area contributed by atoms with E-state index in [4.69, 9.17) is 10.5 Å². The molecular formula is C34H35F4N5O4. The van der Waals surface area contributed by atoms with Crippen molar-refractivity contribution in [3.05, 3.63) is 133 Å². The van der Waals surface area contributed by atoms with Crippen LogP contribution in [0.4, 0.5) is 23.2 Å². The predicted molar refractivity (Wildman–Crippen MR) is 169 cm³/mol. The maximum Gasteiger partial charge on any atom is 0.416 e. The first-order chi connectivity index (χ1) is 22.4. The maximum absolute atomic E-state index is 15.0. The molecule has 0 saturated carbocycles. The molecule has 1 unspecified atom stereocenters. The second kappa shape index (κ2) is 13.9. The smallest absolute Gasteiger partial charge is 0.416 e. The van der Waals surface area contributed by atoms with Gasteiger partial charge in [-0.3, -0.25) is 18.8 Å². The zero-order chi connectivity index (χ0) is 33.9. The SMILES string of the molecule is COC(=O)c1cccc(CN2CCN(c3c(C)n(Cc4c(F)cccc4C(F)(F)F)c(=O)n(CC(N)c4ccccc4)c3=O)CC2)c1. The van der Waals surface area contributed by atoms with Crippen LogP contribution >= 0.6 is 0 Å². The molecule has 1 saturated heterocycles. The van der Waals surface area contributed by atoms with Gasteiger partial charge in [-0.1, -0.05) is 48.5 Å². The molecule has 0 amide bonds. The number of esters is 1. The minimum absolute atomic E-state index is 0.125. The number of carbonyl (C=O) groups is 1. The van der Waals surface area contributed by atoms with E-state index in [0.29, 0.717) is 43.9 Å². The van der Waals surface area contributed by atoms with Crippen molar-refractivity contribution in [3.63, 3.8) is 0 Å². The molecule has 5 rings (SSSR count). The minimum atomic E-state index is -4.87. The Morgan fingerprint density at radius 1 is 0.915 bits per heavy atom. The highest BCUT2D eigenvalue weighted by molar-refractivity contribution is 5.89. The van der Waals surface area contributed by atoms with E-state index in [1.165, 1.54) is 14.0 Å². The lowest BCUT2D eigenvalue weighted by molar-refractivity contribution is -0.138. The second-order valence-corrected chi connectivity index (χ2v) is 11.5. The van der Waals surface area contributed by atoms with E-state index >= 15 is 0 Å². The van der Waals surface area contributed by atoms with Gasteiger partial charge in [0.05, 0.1) is 31.3 Å². The van der Waals surface area contributed by atoms with E-state index in [1.54, 1.807) is 53.4 Å². The lowest BCUT2D eigenvalue weighted by atomic mass is 10.1. The van der Waals surface area contributed by atoms with Crippen LogP contribution in [0.1, 0.15) is 44.3 Å². The molecule has 1 aromatic heterocycles. The molecule has 3 aromatic carbocycles. The monoisotopic (exact) mass is 653 g/mol. The molecule has 47 heavy (non-hydrogen) atoms. The number of ether oxygens (including phenoxy) is 1. The van der Waals surface area contributed by atoms with Gasteiger partial charge in [0.15, 0.2) is 0 Å². The summed E-state index contributed by atoms with van der Waals surface area (Å²) < 4.78 is 63.5. The van der Waals surface area contributed by atoms with Crippen LogP contribution in [0.5, 0.6) is 0 Å². The molecule has 2 N–H and O–H groups in total. The number of methoxy groups -OCH3 is 1. The fourth-order valence-corrected chi connectivity index (χ4v) is 5.95. The van der Waals surface area contributed by atoms with Crippen molar-refractivity contribution >= 4 is 11.7 Å². The lowest BCUT2D eigenvalue weighted by Gasteiger charge is -2.37. The van der Waals surface area contributed by atoms with E-state index in [0.717, 1.165) is 32.9 Å². The molecule has 0 aliphatic carbocycles. The third-order valence-electron chi connectivity index (χ3n) is 8.45. The van der Waals surface area contributed by atoms with Crippen molar-refractivity contribution in [2.24, 2.45) is 5.73 Å². The van der Waals surface area contributed by atoms with Crippen molar-refractivity contribution in [1.82, 2.24) is 14.0 Å². The summed E-state index contributed by atoms with van der Waals surface area (Å²) in [6, 6.07) is 17.8. The van der Waals surface area contributed by atoms with Gasteiger partial charge in [0, 0.05) is 50.0 Å². The first kappa shape index (κ1) is 33.6. The third-order valence-corrected chi connectivity index (χ3v) is 8.45. The van der Waals surface area contributed by atoms with Crippen LogP contribution in [-0.4, -0.2) is 53.3 Å². The quantitative estimate of drug-likeness (QED) is 0.212. The van der Waals surface area contributed by atoms with E-state index < -0.39 is 52.9 Å². The molecule has 1 aliphatic rings. The highest BCUT2D eigenvalue weighted by atomic mass is 19.4. The van der Waals surface area contributed by atoms with Gasteiger partial charge in [-0.25, -0.2) is 14.0 Å². The van der Waals surface area contributed by atoms with Crippen molar-refractivity contribution < 1.29 is 27.1 Å². The van der Waals surface area contributed by atoms with Gasteiger partial charge >= 0.3 is 17.8 Å². The van der Waals surface area contributed by atoms with Gasteiger partial charge < -0.3 is 15.4 Å². The standard InChI is InChI=1S/C34H35F4N5O4/c1-22-30(41-16-14-40(15-17-41)19-23-8-6-11-25(18-23)32(45)47-2)31(44)43(21-29(39)24-9-4-3-5-10-24)33(46)42(22)20-26-27(34(36,37)38)12-7-13-28(26)35/h3-13,18,29H,14-17,19-21,39H2,1-2H3. The highest BCUT2D eigenvalue weighted by Gasteiger charge is 2.35. The molecule has 248 valence electrons. The Kier molecular flexibility index (Phi) is 9.96. The summed E-state index contributed by atoms with van der Waals surface area (Å²) in [6.07, 6.45) is -4.87. The Balaban J connectivity index is 1.50. The number of anilines is 1. The van der Waals surface area contributed by atoms with Gasteiger partial charge in [-0.15, -0.1) is 0 Å². The Morgan fingerprint density at radius 3 is 2.26 bits per heavy atom. The molecular weight excluding hydrogens is 618 g/mol. The number of aromatic nitrogens is 2. The molecule has 13 heteroatoms. The zero-order valence-electron chi connectivity index (χ0n) is 26.0. The number of hydrogen-bond donors (Lipinski definition) is 1. The fraction of sp³-hybridized carbons (Fsp3) is 0.324. The van der Waals surface area contributed by atoms with Crippen LogP contribution in [-0.2, 0) is 30.5 Å². The summed E-state index contributed by atoms with van der Waals surface area (Å²) in [7, 11) is 1.31. The Morgan fingerprint density at radius 2 is 1.60 bits per heavy atom. The van der Waals surface area contributed by atoms with Gasteiger partial charge in [0.2, 0.25) is 0 Å². The van der Waals surface area contributed by atoms with Crippen molar-refractivity contribution in [2.45, 2.75) is 38.8 Å². The summed E-state index contributed by atoms with van der Waals surface area (Å²) in [5.41, 5.74) is 5.24. The first-order valence-electron chi connectivity index (χ1n) is 15.0. The molecule has 1 aliphatic heterocycles. The molecule has 1 atom stereocenters. The van der Waals surface area contributed by atoms with E-state index in [9.17, 15) is 31.9 Å². The number of benzene rings is 3. The number of carbonyl (C=O) groups excluding carboxylic acids is 1. The Labute approximate surface area is 268 Å². The molecule has 0 radical (unpaired) electrons. The first-order valence-corrected chi connectivity index (χ1v) is 15.0. The largest absolute Gasteiger partial charge is 0.465 e. The summed E-state index contributed by atoms with van der Waals surface area (Å²) in [5.74, 6) is -1.56. The molecule has 4 aromatic rings. The number of alkyl halides is 3. The average Bonchev–Trinajstić information content (AvgIpc) is 3.06. The maximum atomic E-state index is 15.0. The number of halogens is 4. The number of rotatable bonds is 9. The summed E-state index contributed by atoms with van der Waals surface area (Å²) in [4.78, 5) is 43.8.